The van der Waals surface area contributed by atoms with Crippen LogP contribution >= 0.6 is 0 Å². The van der Waals surface area contributed by atoms with Crippen LogP contribution in [-0.2, 0) is 11.2 Å². The first kappa shape index (κ1) is 9.77. The number of hydrogen-bond donors (Lipinski definition) is 1. The summed E-state index contributed by atoms with van der Waals surface area (Å²) >= 11 is 0. The van der Waals surface area contributed by atoms with Gasteiger partial charge in [0.15, 0.2) is 0 Å². The summed E-state index contributed by atoms with van der Waals surface area (Å²) in [5, 5.41) is 0. The van der Waals surface area contributed by atoms with Crippen LogP contribution in [0.2, 0.25) is 0 Å². The summed E-state index contributed by atoms with van der Waals surface area (Å²) in [6.45, 7) is 3.49. The molecule has 0 aliphatic heterocycles. The van der Waals surface area contributed by atoms with Gasteiger partial charge in [0, 0.05) is 13.3 Å². The molecule has 0 saturated heterocycles. The molecule has 4 nitrogen and oxygen atoms in total. The number of aryl methyl sites for hydroxylation is 1. The Balaban J connectivity index is 2.48. The average Bonchev–Trinajstić information content (AvgIpc) is 2.48. The van der Waals surface area contributed by atoms with E-state index in [1.54, 1.807) is 0 Å². The SMILES string of the molecule is CCCCc1ncc(OC(C)=O)[nH]1. The zero-order valence-corrected chi connectivity index (χ0v) is 7.96. The van der Waals surface area contributed by atoms with E-state index in [9.17, 15) is 4.79 Å². The average molecular weight is 182 g/mol. The van der Waals surface area contributed by atoms with Crippen LogP contribution in [0.15, 0.2) is 6.20 Å². The van der Waals surface area contributed by atoms with Gasteiger partial charge >= 0.3 is 5.97 Å². The summed E-state index contributed by atoms with van der Waals surface area (Å²) < 4.78 is 4.82. The van der Waals surface area contributed by atoms with Gasteiger partial charge in [0.1, 0.15) is 5.82 Å². The highest BCUT2D eigenvalue weighted by molar-refractivity contribution is 5.68. The lowest BCUT2D eigenvalue weighted by molar-refractivity contribution is -0.132. The van der Waals surface area contributed by atoms with Crippen LogP contribution in [0.1, 0.15) is 32.5 Å². The molecular formula is C9H14N2O2. The van der Waals surface area contributed by atoms with Crippen LogP contribution in [0.3, 0.4) is 0 Å². The van der Waals surface area contributed by atoms with Crippen LogP contribution < -0.4 is 4.74 Å². The molecule has 0 amide bonds. The van der Waals surface area contributed by atoms with Crippen molar-refractivity contribution in [3.05, 3.63) is 12.0 Å². The minimum Gasteiger partial charge on any atom is -0.408 e. The predicted octanol–water partition coefficient (Wildman–Crippen LogP) is 1.68. The molecule has 0 saturated carbocycles. The summed E-state index contributed by atoms with van der Waals surface area (Å²) in [6, 6.07) is 0. The van der Waals surface area contributed by atoms with Crippen molar-refractivity contribution in [3.63, 3.8) is 0 Å². The van der Waals surface area contributed by atoms with E-state index in [1.165, 1.54) is 13.1 Å². The number of nitrogens with zero attached hydrogens (tertiary/aromatic N) is 1. The lowest BCUT2D eigenvalue weighted by Crippen LogP contribution is -2.01. The van der Waals surface area contributed by atoms with Crippen molar-refractivity contribution in [2.24, 2.45) is 0 Å². The maximum absolute atomic E-state index is 10.6. The molecule has 0 aliphatic rings. The van der Waals surface area contributed by atoms with E-state index >= 15 is 0 Å². The highest BCUT2D eigenvalue weighted by Gasteiger charge is 2.02. The lowest BCUT2D eigenvalue weighted by atomic mass is 10.2. The number of nitrogens with one attached hydrogen (secondary N) is 1. The number of H-pyrrole nitrogens is 1. The number of rotatable bonds is 4. The molecule has 0 fully saturated rings. The quantitative estimate of drug-likeness (QED) is 0.721. The van der Waals surface area contributed by atoms with E-state index in [-0.39, 0.29) is 5.97 Å². The Hall–Kier alpha value is -1.32. The number of hydrogen-bond acceptors (Lipinski definition) is 3. The third-order valence-corrected chi connectivity index (χ3v) is 1.63. The van der Waals surface area contributed by atoms with E-state index in [1.807, 2.05) is 0 Å². The number of imidazole rings is 1. The molecule has 1 rings (SSSR count). The van der Waals surface area contributed by atoms with Crippen molar-refractivity contribution >= 4 is 5.97 Å². The standard InChI is InChI=1S/C9H14N2O2/c1-3-4-5-8-10-6-9(11-8)13-7(2)12/h6H,3-5H2,1-2H3,(H,10,11). The number of carbonyl (C=O) groups excluding carboxylic acids is 1. The summed E-state index contributed by atoms with van der Waals surface area (Å²) in [6.07, 6.45) is 4.65. The Morgan fingerprint density at radius 1 is 1.69 bits per heavy atom. The predicted molar refractivity (Wildman–Crippen MR) is 48.5 cm³/mol. The molecule has 0 radical (unpaired) electrons. The third-order valence-electron chi connectivity index (χ3n) is 1.63. The molecule has 0 bridgehead atoms. The number of aromatic nitrogens is 2. The first-order chi connectivity index (χ1) is 6.22. The molecule has 0 atom stereocenters. The number of aromatic amines is 1. The number of unbranched alkanes of at least 4 members (excludes halogenated alkanes) is 1. The molecule has 0 spiro atoms. The van der Waals surface area contributed by atoms with Gasteiger partial charge in [-0.25, -0.2) is 4.98 Å². The number of carbonyl (C=O) groups is 1. The van der Waals surface area contributed by atoms with E-state index < -0.39 is 0 Å². The Labute approximate surface area is 77.3 Å². The summed E-state index contributed by atoms with van der Waals surface area (Å²) in [7, 11) is 0. The van der Waals surface area contributed by atoms with Crippen molar-refractivity contribution in [3.8, 4) is 5.88 Å². The lowest BCUT2D eigenvalue weighted by Gasteiger charge is -1.95. The zero-order valence-electron chi connectivity index (χ0n) is 7.96. The van der Waals surface area contributed by atoms with Crippen LogP contribution in [0.4, 0.5) is 0 Å². The van der Waals surface area contributed by atoms with Crippen molar-refractivity contribution in [1.82, 2.24) is 9.97 Å². The smallest absolute Gasteiger partial charge is 0.309 e. The van der Waals surface area contributed by atoms with Gasteiger partial charge < -0.3 is 9.72 Å². The molecule has 1 heterocycles. The zero-order chi connectivity index (χ0) is 9.68. The fourth-order valence-electron chi connectivity index (χ4n) is 1.02. The molecule has 0 unspecified atom stereocenters. The monoisotopic (exact) mass is 182 g/mol. The highest BCUT2D eigenvalue weighted by Crippen LogP contribution is 2.08. The molecule has 72 valence electrons. The van der Waals surface area contributed by atoms with Crippen LogP contribution in [-0.4, -0.2) is 15.9 Å². The van der Waals surface area contributed by atoms with E-state index in [0.717, 1.165) is 25.1 Å². The molecule has 4 heteroatoms. The second kappa shape index (κ2) is 4.64. The van der Waals surface area contributed by atoms with Crippen LogP contribution in [0, 0.1) is 0 Å². The summed E-state index contributed by atoms with van der Waals surface area (Å²) in [4.78, 5) is 17.6. The van der Waals surface area contributed by atoms with Gasteiger partial charge in [-0.2, -0.15) is 0 Å². The van der Waals surface area contributed by atoms with E-state index in [4.69, 9.17) is 4.74 Å². The second-order valence-corrected chi connectivity index (χ2v) is 2.89. The highest BCUT2D eigenvalue weighted by atomic mass is 16.5. The van der Waals surface area contributed by atoms with Crippen molar-refractivity contribution < 1.29 is 9.53 Å². The van der Waals surface area contributed by atoms with Crippen molar-refractivity contribution in [2.45, 2.75) is 33.1 Å². The normalized spacial score (nSPS) is 10.0. The van der Waals surface area contributed by atoms with Crippen LogP contribution in [0.25, 0.3) is 0 Å². The molecule has 0 aliphatic carbocycles. The maximum atomic E-state index is 10.6. The van der Waals surface area contributed by atoms with Gasteiger partial charge in [-0.1, -0.05) is 13.3 Å². The first-order valence-electron chi connectivity index (χ1n) is 4.44. The van der Waals surface area contributed by atoms with Gasteiger partial charge in [-0.15, -0.1) is 0 Å². The Morgan fingerprint density at radius 2 is 2.46 bits per heavy atom. The Kier molecular flexibility index (Phi) is 3.49. The van der Waals surface area contributed by atoms with Crippen molar-refractivity contribution in [1.29, 1.82) is 0 Å². The Morgan fingerprint density at radius 3 is 3.08 bits per heavy atom. The fraction of sp³-hybridized carbons (Fsp3) is 0.556. The molecule has 13 heavy (non-hydrogen) atoms. The van der Waals surface area contributed by atoms with Gasteiger partial charge in [0.05, 0.1) is 6.20 Å². The summed E-state index contributed by atoms with van der Waals surface area (Å²) in [5.74, 6) is 0.974. The second-order valence-electron chi connectivity index (χ2n) is 2.89. The molecule has 0 aromatic carbocycles. The Bertz CT molecular complexity index is 281. The minimum atomic E-state index is -0.328. The topological polar surface area (TPSA) is 55.0 Å². The van der Waals surface area contributed by atoms with Crippen LogP contribution in [0.5, 0.6) is 5.88 Å². The van der Waals surface area contributed by atoms with Crippen molar-refractivity contribution in [2.75, 3.05) is 0 Å². The van der Waals surface area contributed by atoms with E-state index in [0.29, 0.717) is 5.88 Å². The van der Waals surface area contributed by atoms with Gasteiger partial charge in [0.25, 0.3) is 0 Å². The maximum Gasteiger partial charge on any atom is 0.309 e. The van der Waals surface area contributed by atoms with Gasteiger partial charge in [-0.3, -0.25) is 4.79 Å². The van der Waals surface area contributed by atoms with Gasteiger partial charge in [0.2, 0.25) is 5.88 Å². The third kappa shape index (κ3) is 3.27. The molecule has 1 N–H and O–H groups in total. The fourth-order valence-corrected chi connectivity index (χ4v) is 1.02. The summed E-state index contributed by atoms with van der Waals surface area (Å²) in [5.41, 5.74) is 0. The minimum absolute atomic E-state index is 0.328. The van der Waals surface area contributed by atoms with E-state index in [2.05, 4.69) is 16.9 Å². The molecule has 1 aromatic heterocycles. The molecule has 1 aromatic rings. The largest absolute Gasteiger partial charge is 0.408 e. The number of ether oxygens (including phenoxy) is 1. The molecular weight excluding hydrogens is 168 g/mol. The number of esters is 1. The van der Waals surface area contributed by atoms with Gasteiger partial charge in [-0.05, 0) is 6.42 Å². The first-order valence-corrected chi connectivity index (χ1v) is 4.44.